The highest BCUT2D eigenvalue weighted by molar-refractivity contribution is 7.99. The number of nitrogens with one attached hydrogen (secondary N) is 3. The smallest absolute Gasteiger partial charge is 0.251 e. The van der Waals surface area contributed by atoms with E-state index in [1.165, 1.54) is 6.07 Å². The van der Waals surface area contributed by atoms with E-state index in [1.807, 2.05) is 48.7 Å². The van der Waals surface area contributed by atoms with Gasteiger partial charge >= 0.3 is 0 Å². The maximum atomic E-state index is 12.1. The Labute approximate surface area is 176 Å². The van der Waals surface area contributed by atoms with Gasteiger partial charge in [0.15, 0.2) is 5.16 Å². The van der Waals surface area contributed by atoms with E-state index < -0.39 is 0 Å². The summed E-state index contributed by atoms with van der Waals surface area (Å²) in [5, 5.41) is 7.84. The van der Waals surface area contributed by atoms with Crippen molar-refractivity contribution in [2.45, 2.75) is 25.0 Å². The number of hydrogen-bond acceptors (Lipinski definition) is 6. The summed E-state index contributed by atoms with van der Waals surface area (Å²) in [5.41, 5.74) is 1.82. The Morgan fingerprint density at radius 2 is 1.97 bits per heavy atom. The summed E-state index contributed by atoms with van der Waals surface area (Å²) in [6, 6.07) is 12.6. The molecule has 0 spiro atoms. The number of rotatable bonds is 8. The summed E-state index contributed by atoms with van der Waals surface area (Å²) in [5.74, 6) is -0.338. The fourth-order valence-electron chi connectivity index (χ4n) is 2.44. The second kappa shape index (κ2) is 10.0. The molecule has 2 amide bonds. The number of nitrogens with zero attached hydrogens (tertiary/aromatic N) is 1. The van der Waals surface area contributed by atoms with E-state index in [0.717, 1.165) is 22.2 Å². The Bertz CT molecular complexity index is 1030. The van der Waals surface area contributed by atoms with Crippen LogP contribution in [0.25, 0.3) is 0 Å². The van der Waals surface area contributed by atoms with Crippen LogP contribution in [0.5, 0.6) is 0 Å². The molecule has 7 nitrogen and oxygen atoms in total. The van der Waals surface area contributed by atoms with E-state index in [0.29, 0.717) is 23.1 Å². The minimum Gasteiger partial charge on any atom is -0.351 e. The van der Waals surface area contributed by atoms with E-state index in [1.54, 1.807) is 11.3 Å². The van der Waals surface area contributed by atoms with Crippen LogP contribution in [0.15, 0.2) is 57.8 Å². The van der Waals surface area contributed by atoms with Gasteiger partial charge in [-0.15, -0.1) is 11.3 Å². The normalized spacial score (nSPS) is 10.5. The van der Waals surface area contributed by atoms with Crippen LogP contribution in [0.2, 0.25) is 0 Å². The first-order chi connectivity index (χ1) is 14.0. The molecule has 150 valence electrons. The molecule has 3 aromatic rings. The zero-order chi connectivity index (χ0) is 20.6. The highest BCUT2D eigenvalue weighted by Crippen LogP contribution is 2.14. The number of aryl methyl sites for hydroxylation is 1. The van der Waals surface area contributed by atoms with Gasteiger partial charge in [-0.25, -0.2) is 4.98 Å². The molecule has 3 rings (SSSR count). The molecule has 2 heterocycles. The van der Waals surface area contributed by atoms with Crippen LogP contribution < -0.4 is 16.2 Å². The number of benzene rings is 1. The van der Waals surface area contributed by atoms with Gasteiger partial charge in [-0.05, 0) is 30.5 Å². The molecule has 29 heavy (non-hydrogen) atoms. The van der Waals surface area contributed by atoms with Crippen molar-refractivity contribution in [3.8, 4) is 0 Å². The molecule has 0 unspecified atom stereocenters. The van der Waals surface area contributed by atoms with Crippen molar-refractivity contribution in [3.05, 3.63) is 74.3 Å². The third-order valence-corrected chi connectivity index (χ3v) is 5.58. The van der Waals surface area contributed by atoms with Gasteiger partial charge in [0, 0.05) is 16.6 Å². The van der Waals surface area contributed by atoms with Gasteiger partial charge in [0.1, 0.15) is 0 Å². The summed E-state index contributed by atoms with van der Waals surface area (Å²) in [6.45, 7) is 2.42. The number of aromatic nitrogens is 2. The Morgan fingerprint density at radius 3 is 2.69 bits per heavy atom. The van der Waals surface area contributed by atoms with Crippen LogP contribution in [0.1, 0.15) is 16.1 Å². The van der Waals surface area contributed by atoms with Crippen molar-refractivity contribution < 1.29 is 9.59 Å². The lowest BCUT2D eigenvalue weighted by Crippen LogP contribution is -2.25. The predicted octanol–water partition coefficient (Wildman–Crippen LogP) is 2.73. The van der Waals surface area contributed by atoms with Gasteiger partial charge in [0.05, 0.1) is 24.4 Å². The van der Waals surface area contributed by atoms with Crippen LogP contribution in [0.4, 0.5) is 5.69 Å². The predicted molar refractivity (Wildman–Crippen MR) is 115 cm³/mol. The standard InChI is InChI=1S/C20H20N4O3S2/c1-13-4-6-14(7-5-13)22-19(27)12-29-20-23-15(10-18(26)24-20)9-17(25)21-11-16-3-2-8-28-16/h2-8,10H,9,11-12H2,1H3,(H,21,25)(H,22,27)(H,23,24,26). The summed E-state index contributed by atoms with van der Waals surface area (Å²) >= 11 is 2.67. The number of thiophene rings is 1. The van der Waals surface area contributed by atoms with E-state index >= 15 is 0 Å². The summed E-state index contributed by atoms with van der Waals surface area (Å²) in [4.78, 5) is 44.0. The SMILES string of the molecule is Cc1ccc(NC(=O)CSc2nc(CC(=O)NCc3cccs3)cc(=O)[nH]2)cc1. The van der Waals surface area contributed by atoms with E-state index in [4.69, 9.17) is 0 Å². The highest BCUT2D eigenvalue weighted by Gasteiger charge is 2.10. The fraction of sp³-hybridized carbons (Fsp3) is 0.200. The number of amides is 2. The molecule has 0 aliphatic rings. The Balaban J connectivity index is 1.52. The number of H-pyrrole nitrogens is 1. The zero-order valence-electron chi connectivity index (χ0n) is 15.7. The van der Waals surface area contributed by atoms with Gasteiger partial charge in [-0.3, -0.25) is 14.4 Å². The average Bonchev–Trinajstić information content (AvgIpc) is 3.20. The molecular weight excluding hydrogens is 408 g/mol. The Hall–Kier alpha value is -2.91. The fourth-order valence-corrected chi connectivity index (χ4v) is 3.78. The molecule has 2 aromatic heterocycles. The Morgan fingerprint density at radius 1 is 1.17 bits per heavy atom. The van der Waals surface area contributed by atoms with Gasteiger partial charge in [0.25, 0.3) is 5.56 Å². The molecule has 1 aromatic carbocycles. The molecule has 3 N–H and O–H groups in total. The molecule has 0 radical (unpaired) electrons. The van der Waals surface area contributed by atoms with Crippen LogP contribution in [0.3, 0.4) is 0 Å². The van der Waals surface area contributed by atoms with Crippen molar-refractivity contribution in [2.75, 3.05) is 11.1 Å². The van der Waals surface area contributed by atoms with Gasteiger partial charge in [-0.2, -0.15) is 0 Å². The first kappa shape index (κ1) is 20.8. The third-order valence-electron chi connectivity index (χ3n) is 3.83. The van der Waals surface area contributed by atoms with Crippen LogP contribution in [0, 0.1) is 6.92 Å². The molecule has 0 saturated carbocycles. The summed E-state index contributed by atoms with van der Waals surface area (Å²) in [6.07, 6.45) is -0.00157. The van der Waals surface area contributed by atoms with Gasteiger partial charge in [-0.1, -0.05) is 35.5 Å². The average molecular weight is 429 g/mol. The third kappa shape index (κ3) is 6.88. The minimum absolute atomic E-state index is 0.00157. The molecule has 0 aliphatic carbocycles. The lowest BCUT2D eigenvalue weighted by atomic mass is 10.2. The number of carbonyl (C=O) groups is 2. The molecule has 0 saturated heterocycles. The summed E-state index contributed by atoms with van der Waals surface area (Å²) in [7, 11) is 0. The van der Waals surface area contributed by atoms with Crippen LogP contribution >= 0.6 is 23.1 Å². The number of aromatic amines is 1. The molecule has 0 atom stereocenters. The van der Waals surface area contributed by atoms with E-state index in [-0.39, 0.29) is 29.5 Å². The van der Waals surface area contributed by atoms with E-state index in [2.05, 4.69) is 20.6 Å². The second-order valence-electron chi connectivity index (χ2n) is 6.28. The number of carbonyl (C=O) groups excluding carboxylic acids is 2. The van der Waals surface area contributed by atoms with Crippen molar-refractivity contribution in [1.82, 2.24) is 15.3 Å². The lowest BCUT2D eigenvalue weighted by Gasteiger charge is -2.07. The molecule has 0 bridgehead atoms. The molecule has 0 aliphatic heterocycles. The number of thioether (sulfide) groups is 1. The maximum absolute atomic E-state index is 12.1. The second-order valence-corrected chi connectivity index (χ2v) is 8.27. The molecular formula is C20H20N4O3S2. The lowest BCUT2D eigenvalue weighted by molar-refractivity contribution is -0.120. The maximum Gasteiger partial charge on any atom is 0.251 e. The molecule has 9 heteroatoms. The minimum atomic E-state index is -0.359. The topological polar surface area (TPSA) is 104 Å². The van der Waals surface area contributed by atoms with Crippen LogP contribution in [-0.2, 0) is 22.6 Å². The Kier molecular flexibility index (Phi) is 7.20. The van der Waals surface area contributed by atoms with Crippen molar-refractivity contribution in [1.29, 1.82) is 0 Å². The first-order valence-electron chi connectivity index (χ1n) is 8.86. The van der Waals surface area contributed by atoms with Gasteiger partial charge < -0.3 is 15.6 Å². The van der Waals surface area contributed by atoms with E-state index in [9.17, 15) is 14.4 Å². The largest absolute Gasteiger partial charge is 0.351 e. The quantitative estimate of drug-likeness (QED) is 0.378. The number of anilines is 1. The van der Waals surface area contributed by atoms with Crippen molar-refractivity contribution in [3.63, 3.8) is 0 Å². The highest BCUT2D eigenvalue weighted by atomic mass is 32.2. The van der Waals surface area contributed by atoms with Gasteiger partial charge in [0.2, 0.25) is 11.8 Å². The van der Waals surface area contributed by atoms with Crippen molar-refractivity contribution >= 4 is 40.6 Å². The summed E-state index contributed by atoms with van der Waals surface area (Å²) < 4.78 is 0. The molecule has 0 fully saturated rings. The zero-order valence-corrected chi connectivity index (χ0v) is 17.4. The first-order valence-corrected chi connectivity index (χ1v) is 10.7. The van der Waals surface area contributed by atoms with Crippen LogP contribution in [-0.4, -0.2) is 27.5 Å². The van der Waals surface area contributed by atoms with Crippen molar-refractivity contribution in [2.24, 2.45) is 0 Å². The monoisotopic (exact) mass is 428 g/mol. The number of hydrogen-bond donors (Lipinski definition) is 3.